The summed E-state index contributed by atoms with van der Waals surface area (Å²) in [5.41, 5.74) is 0.890. The second-order valence-electron chi connectivity index (χ2n) is 5.08. The van der Waals surface area contributed by atoms with Gasteiger partial charge in [-0.15, -0.1) is 0 Å². The summed E-state index contributed by atoms with van der Waals surface area (Å²) < 4.78 is 14.0. The van der Waals surface area contributed by atoms with Crippen LogP contribution >= 0.6 is 0 Å². The Morgan fingerprint density at radius 2 is 1.62 bits per heavy atom. The van der Waals surface area contributed by atoms with Crippen LogP contribution < -0.4 is 10.6 Å². The number of hydrogen-bond donors (Lipinski definition) is 5. The topological polar surface area (TPSA) is 100 Å². The van der Waals surface area contributed by atoms with E-state index in [4.69, 9.17) is 0 Å². The number of rotatable bonds is 3. The molecule has 1 heterocycles. The molecule has 0 amide bonds. The number of aliphatic imine (C=N–C) groups is 1. The maximum absolute atomic E-state index is 14.0. The summed E-state index contributed by atoms with van der Waals surface area (Å²) in [7, 11) is 0. The molecule has 2 aromatic rings. The van der Waals surface area contributed by atoms with E-state index in [9.17, 15) is 19.8 Å². The molecule has 7 nitrogen and oxygen atoms in total. The van der Waals surface area contributed by atoms with E-state index in [2.05, 4.69) is 15.6 Å². The molecule has 1 unspecified atom stereocenters. The van der Waals surface area contributed by atoms with E-state index in [0.29, 0.717) is 16.4 Å². The fraction of sp³-hybridized carbons (Fsp3) is 0.0625. The minimum Gasteiger partial charge on any atom is -0.508 e. The van der Waals surface area contributed by atoms with Crippen molar-refractivity contribution in [2.75, 3.05) is 10.6 Å². The van der Waals surface area contributed by atoms with Crippen molar-refractivity contribution in [3.05, 3.63) is 60.6 Å². The molecule has 0 fully saturated rings. The fourth-order valence-electron chi connectivity index (χ4n) is 2.18. The number of phenolic OH excluding ortho intramolecular Hbond substituents is 2. The van der Waals surface area contributed by atoms with Gasteiger partial charge in [0.2, 0.25) is 5.96 Å². The molecule has 8 heteroatoms. The highest BCUT2D eigenvalue weighted by Crippen LogP contribution is 2.23. The SMILES string of the molecule is Oc1cccc(NC2=NC=C(F)C(Nc3cccc(O)c3)N2O)c1. The summed E-state index contributed by atoms with van der Waals surface area (Å²) in [6, 6.07) is 12.3. The number of phenols is 2. The largest absolute Gasteiger partial charge is 0.508 e. The minimum absolute atomic E-state index is 0.0106. The Morgan fingerprint density at radius 1 is 1.00 bits per heavy atom. The number of halogens is 1. The van der Waals surface area contributed by atoms with Gasteiger partial charge in [-0.05, 0) is 24.3 Å². The van der Waals surface area contributed by atoms with Gasteiger partial charge in [0.1, 0.15) is 11.5 Å². The van der Waals surface area contributed by atoms with Crippen molar-refractivity contribution < 1.29 is 19.8 Å². The fourth-order valence-corrected chi connectivity index (χ4v) is 2.18. The Kier molecular flexibility index (Phi) is 4.21. The molecule has 0 bridgehead atoms. The number of nitrogens with one attached hydrogen (secondary N) is 2. The zero-order valence-electron chi connectivity index (χ0n) is 12.4. The summed E-state index contributed by atoms with van der Waals surface area (Å²) in [5, 5.41) is 35.3. The summed E-state index contributed by atoms with van der Waals surface area (Å²) in [6.45, 7) is 0. The van der Waals surface area contributed by atoms with Crippen molar-refractivity contribution in [1.29, 1.82) is 0 Å². The molecule has 0 saturated carbocycles. The highest BCUT2D eigenvalue weighted by Gasteiger charge is 2.28. The molecule has 0 radical (unpaired) electrons. The third-order valence-electron chi connectivity index (χ3n) is 3.28. The first-order valence-corrected chi connectivity index (χ1v) is 7.06. The van der Waals surface area contributed by atoms with Gasteiger partial charge in [0.25, 0.3) is 0 Å². The summed E-state index contributed by atoms with van der Waals surface area (Å²) in [4.78, 5) is 3.80. The van der Waals surface area contributed by atoms with Gasteiger partial charge in [-0.2, -0.15) is 5.06 Å². The molecule has 1 aliphatic rings. The molecule has 1 aliphatic heterocycles. The zero-order valence-corrected chi connectivity index (χ0v) is 12.4. The lowest BCUT2D eigenvalue weighted by Gasteiger charge is -2.31. The van der Waals surface area contributed by atoms with Crippen molar-refractivity contribution in [1.82, 2.24) is 5.06 Å². The summed E-state index contributed by atoms with van der Waals surface area (Å²) in [6.07, 6.45) is -0.248. The Hall–Kier alpha value is -3.26. The molecule has 0 saturated heterocycles. The van der Waals surface area contributed by atoms with E-state index in [1.165, 1.54) is 24.3 Å². The molecule has 3 rings (SSSR count). The van der Waals surface area contributed by atoms with Gasteiger partial charge in [0, 0.05) is 23.5 Å². The van der Waals surface area contributed by atoms with E-state index in [1.54, 1.807) is 24.3 Å². The van der Waals surface area contributed by atoms with Gasteiger partial charge >= 0.3 is 0 Å². The van der Waals surface area contributed by atoms with Crippen LogP contribution in [0, 0.1) is 0 Å². The zero-order chi connectivity index (χ0) is 17.1. The highest BCUT2D eigenvalue weighted by atomic mass is 19.1. The van der Waals surface area contributed by atoms with Crippen molar-refractivity contribution in [2.24, 2.45) is 4.99 Å². The van der Waals surface area contributed by atoms with Gasteiger partial charge in [-0.3, -0.25) is 5.21 Å². The Bertz CT molecular complexity index is 809. The number of hydrogen-bond acceptors (Lipinski definition) is 7. The van der Waals surface area contributed by atoms with Gasteiger partial charge in [-0.1, -0.05) is 12.1 Å². The Balaban J connectivity index is 1.78. The third kappa shape index (κ3) is 3.39. The minimum atomic E-state index is -1.22. The molecule has 1 atom stereocenters. The monoisotopic (exact) mass is 330 g/mol. The van der Waals surface area contributed by atoms with E-state index in [1.807, 2.05) is 0 Å². The van der Waals surface area contributed by atoms with Crippen LogP contribution in [-0.2, 0) is 0 Å². The van der Waals surface area contributed by atoms with E-state index in [-0.39, 0.29) is 17.5 Å². The third-order valence-corrected chi connectivity index (χ3v) is 3.28. The maximum Gasteiger partial charge on any atom is 0.229 e. The van der Waals surface area contributed by atoms with Crippen LogP contribution in [0.15, 0.2) is 65.6 Å². The van der Waals surface area contributed by atoms with Crippen LogP contribution in [0.25, 0.3) is 0 Å². The maximum atomic E-state index is 14.0. The van der Waals surface area contributed by atoms with E-state index in [0.717, 1.165) is 6.20 Å². The van der Waals surface area contributed by atoms with E-state index < -0.39 is 12.0 Å². The first kappa shape index (κ1) is 15.6. The van der Waals surface area contributed by atoms with Crippen LogP contribution in [0.4, 0.5) is 15.8 Å². The average Bonchev–Trinajstić information content (AvgIpc) is 2.54. The Labute approximate surface area is 137 Å². The van der Waals surface area contributed by atoms with Gasteiger partial charge in [0.05, 0.1) is 6.20 Å². The van der Waals surface area contributed by atoms with Crippen LogP contribution in [0.3, 0.4) is 0 Å². The molecule has 24 heavy (non-hydrogen) atoms. The summed E-state index contributed by atoms with van der Waals surface area (Å²) >= 11 is 0. The second-order valence-corrected chi connectivity index (χ2v) is 5.08. The number of hydroxylamine groups is 2. The van der Waals surface area contributed by atoms with Crippen molar-refractivity contribution in [2.45, 2.75) is 6.17 Å². The van der Waals surface area contributed by atoms with Crippen molar-refractivity contribution in [3.8, 4) is 11.5 Å². The van der Waals surface area contributed by atoms with Crippen LogP contribution in [0.1, 0.15) is 0 Å². The smallest absolute Gasteiger partial charge is 0.229 e. The number of nitrogens with zero attached hydrogens (tertiary/aromatic N) is 2. The lowest BCUT2D eigenvalue weighted by atomic mass is 10.2. The molecular weight excluding hydrogens is 315 g/mol. The molecule has 0 aliphatic carbocycles. The lowest BCUT2D eigenvalue weighted by Crippen LogP contribution is -2.47. The molecule has 0 aromatic heterocycles. The predicted octanol–water partition coefficient (Wildman–Crippen LogP) is 2.82. The van der Waals surface area contributed by atoms with Crippen molar-refractivity contribution >= 4 is 17.3 Å². The first-order chi connectivity index (χ1) is 11.5. The molecular formula is C16H15FN4O3. The van der Waals surface area contributed by atoms with Crippen LogP contribution in [0.5, 0.6) is 11.5 Å². The first-order valence-electron chi connectivity index (χ1n) is 7.06. The van der Waals surface area contributed by atoms with Gasteiger partial charge in [0.15, 0.2) is 12.0 Å². The van der Waals surface area contributed by atoms with Gasteiger partial charge in [-0.25, -0.2) is 9.38 Å². The van der Waals surface area contributed by atoms with E-state index >= 15 is 0 Å². The number of aromatic hydroxyl groups is 2. The average molecular weight is 330 g/mol. The highest BCUT2D eigenvalue weighted by molar-refractivity contribution is 5.94. The van der Waals surface area contributed by atoms with Crippen LogP contribution in [0.2, 0.25) is 0 Å². The van der Waals surface area contributed by atoms with Gasteiger partial charge < -0.3 is 20.8 Å². The molecule has 2 aromatic carbocycles. The normalized spacial score (nSPS) is 17.1. The summed E-state index contributed by atoms with van der Waals surface area (Å²) in [5.74, 6) is -0.685. The molecule has 124 valence electrons. The van der Waals surface area contributed by atoms with Crippen LogP contribution in [-0.4, -0.2) is 32.6 Å². The second kappa shape index (κ2) is 6.47. The standard InChI is InChI=1S/C16H15FN4O3/c17-14-9-18-16(20-11-4-2-6-13(23)8-11)21(24)15(14)19-10-3-1-5-12(22)7-10/h1-9,15,19,22-24H,(H,18,20). The van der Waals surface area contributed by atoms with Crippen molar-refractivity contribution in [3.63, 3.8) is 0 Å². The Morgan fingerprint density at radius 3 is 2.29 bits per heavy atom. The molecule has 0 spiro atoms. The predicted molar refractivity (Wildman–Crippen MR) is 87.5 cm³/mol. The number of benzene rings is 2. The number of anilines is 2. The number of guanidine groups is 1. The lowest BCUT2D eigenvalue weighted by molar-refractivity contribution is -0.0413. The quantitative estimate of drug-likeness (QED) is 0.593. The molecule has 5 N–H and O–H groups in total.